The Bertz CT molecular complexity index is 1160. The van der Waals surface area contributed by atoms with Crippen molar-refractivity contribution in [3.8, 4) is 0 Å². The zero-order valence-corrected chi connectivity index (χ0v) is 20.4. The van der Waals surface area contributed by atoms with Gasteiger partial charge < -0.3 is 20.2 Å². The Kier molecular flexibility index (Phi) is 7.04. The molecule has 188 valence electrons. The fourth-order valence-electron chi connectivity index (χ4n) is 5.04. The van der Waals surface area contributed by atoms with E-state index in [0.717, 1.165) is 29.8 Å². The highest BCUT2D eigenvalue weighted by Gasteiger charge is 2.28. The number of aliphatic hydroxyl groups is 1. The molecule has 10 heteroatoms. The number of hydrogen-bond donors (Lipinski definition) is 2. The SMILES string of the molecule is CCC1=NC(CC(=O)N2CCN(C(=O)CO)CC2)N=C1c1cnc(NC2Cc3ccccc3C2)nc1. The second kappa shape index (κ2) is 10.5. The standard InChI is InChI=1S/C26H31N7O3/c1-2-21-25(31-22(30-21)13-23(35)32-7-9-33(10-8-32)24(36)16-34)19-14-27-26(28-15-19)29-20-11-17-5-3-4-6-18(17)12-20/h3-6,14-15,20,22,34H,2,7-13,16H2,1H3,(H,27,28,29). The molecule has 1 saturated heterocycles. The number of hydrogen-bond acceptors (Lipinski definition) is 8. The van der Waals surface area contributed by atoms with E-state index in [1.165, 1.54) is 11.1 Å². The number of aliphatic hydroxyl groups excluding tert-OH is 1. The molecule has 1 fully saturated rings. The quantitative estimate of drug-likeness (QED) is 0.600. The lowest BCUT2D eigenvalue weighted by Gasteiger charge is -2.34. The molecule has 1 aliphatic carbocycles. The van der Waals surface area contributed by atoms with Crippen molar-refractivity contribution in [3.63, 3.8) is 0 Å². The Labute approximate surface area is 210 Å². The second-order valence-electron chi connectivity index (χ2n) is 9.33. The molecule has 1 aromatic carbocycles. The molecular weight excluding hydrogens is 458 g/mol. The van der Waals surface area contributed by atoms with Gasteiger partial charge in [-0.05, 0) is 30.4 Å². The van der Waals surface area contributed by atoms with Gasteiger partial charge >= 0.3 is 0 Å². The first kappa shape index (κ1) is 24.1. The van der Waals surface area contributed by atoms with Gasteiger partial charge in [0.25, 0.3) is 0 Å². The molecule has 1 atom stereocenters. The number of benzene rings is 1. The van der Waals surface area contributed by atoms with E-state index < -0.39 is 12.8 Å². The van der Waals surface area contributed by atoms with Crippen LogP contribution >= 0.6 is 0 Å². The van der Waals surface area contributed by atoms with Crippen LogP contribution in [0.25, 0.3) is 0 Å². The van der Waals surface area contributed by atoms with Crippen LogP contribution in [-0.4, -0.2) is 93.1 Å². The molecule has 0 spiro atoms. The van der Waals surface area contributed by atoms with E-state index in [0.29, 0.717) is 38.5 Å². The zero-order valence-electron chi connectivity index (χ0n) is 20.4. The summed E-state index contributed by atoms with van der Waals surface area (Å²) in [6, 6.07) is 8.77. The average molecular weight is 490 g/mol. The molecule has 0 radical (unpaired) electrons. The normalized spacial score (nSPS) is 19.7. The molecule has 0 saturated carbocycles. The topological polar surface area (TPSA) is 123 Å². The van der Waals surface area contributed by atoms with Crippen LogP contribution < -0.4 is 5.32 Å². The largest absolute Gasteiger partial charge is 0.387 e. The Morgan fingerprint density at radius 2 is 1.58 bits per heavy atom. The van der Waals surface area contributed by atoms with E-state index in [4.69, 9.17) is 10.1 Å². The number of nitrogens with one attached hydrogen (secondary N) is 1. The minimum Gasteiger partial charge on any atom is -0.387 e. The van der Waals surface area contributed by atoms with Gasteiger partial charge in [0, 0.05) is 50.2 Å². The van der Waals surface area contributed by atoms with Crippen molar-refractivity contribution in [2.24, 2.45) is 9.98 Å². The molecular formula is C26H31N7O3. The summed E-state index contributed by atoms with van der Waals surface area (Å²) in [6.45, 7) is 3.28. The summed E-state index contributed by atoms with van der Waals surface area (Å²) >= 11 is 0. The summed E-state index contributed by atoms with van der Waals surface area (Å²) in [4.78, 5) is 46.2. The number of carbonyl (C=O) groups is 2. The van der Waals surface area contributed by atoms with Gasteiger partial charge in [0.05, 0.1) is 17.8 Å². The Balaban J connectivity index is 1.18. The van der Waals surface area contributed by atoms with Gasteiger partial charge in [-0.15, -0.1) is 0 Å². The van der Waals surface area contributed by atoms with E-state index in [-0.39, 0.29) is 24.3 Å². The third kappa shape index (κ3) is 5.13. The summed E-state index contributed by atoms with van der Waals surface area (Å²) in [5.41, 5.74) is 5.13. The molecule has 10 nitrogen and oxygen atoms in total. The number of aliphatic imine (C=N–C) groups is 2. The van der Waals surface area contributed by atoms with Crippen LogP contribution in [0.15, 0.2) is 46.6 Å². The first-order valence-electron chi connectivity index (χ1n) is 12.5. The van der Waals surface area contributed by atoms with Crippen molar-refractivity contribution in [2.75, 3.05) is 38.1 Å². The van der Waals surface area contributed by atoms with Crippen LogP contribution in [0.4, 0.5) is 5.95 Å². The highest BCUT2D eigenvalue weighted by atomic mass is 16.3. The molecule has 36 heavy (non-hydrogen) atoms. The number of carbonyl (C=O) groups excluding carboxylic acids is 2. The van der Waals surface area contributed by atoms with Gasteiger partial charge in [0.2, 0.25) is 17.8 Å². The van der Waals surface area contributed by atoms with E-state index in [1.807, 2.05) is 6.92 Å². The molecule has 2 aromatic rings. The molecule has 2 amide bonds. The summed E-state index contributed by atoms with van der Waals surface area (Å²) in [5.74, 6) is 0.255. The van der Waals surface area contributed by atoms with E-state index in [9.17, 15) is 9.59 Å². The zero-order chi connectivity index (χ0) is 25.1. The van der Waals surface area contributed by atoms with Crippen molar-refractivity contribution in [1.29, 1.82) is 0 Å². The van der Waals surface area contributed by atoms with Gasteiger partial charge in [0.15, 0.2) is 0 Å². The molecule has 3 aliphatic rings. The van der Waals surface area contributed by atoms with Gasteiger partial charge in [-0.3, -0.25) is 19.6 Å². The number of nitrogens with zero attached hydrogens (tertiary/aromatic N) is 6. The predicted molar refractivity (Wildman–Crippen MR) is 136 cm³/mol. The van der Waals surface area contributed by atoms with E-state index >= 15 is 0 Å². The minimum absolute atomic E-state index is 0.0336. The highest BCUT2D eigenvalue weighted by molar-refractivity contribution is 6.49. The average Bonchev–Trinajstić information content (AvgIpc) is 3.52. The third-order valence-electron chi connectivity index (χ3n) is 6.98. The van der Waals surface area contributed by atoms with Crippen molar-refractivity contribution < 1.29 is 14.7 Å². The maximum atomic E-state index is 12.8. The summed E-state index contributed by atoms with van der Waals surface area (Å²) in [5, 5.41) is 12.5. The predicted octanol–water partition coefficient (Wildman–Crippen LogP) is 1.09. The smallest absolute Gasteiger partial charge is 0.248 e. The second-order valence-corrected chi connectivity index (χ2v) is 9.33. The lowest BCUT2D eigenvalue weighted by Crippen LogP contribution is -2.51. The van der Waals surface area contributed by atoms with Crippen LogP contribution in [-0.2, 0) is 22.4 Å². The maximum absolute atomic E-state index is 12.8. The molecule has 0 bridgehead atoms. The van der Waals surface area contributed by atoms with Crippen molar-refractivity contribution >= 4 is 29.2 Å². The maximum Gasteiger partial charge on any atom is 0.248 e. The molecule has 1 unspecified atom stereocenters. The molecule has 1 aromatic heterocycles. The third-order valence-corrected chi connectivity index (χ3v) is 6.98. The van der Waals surface area contributed by atoms with Crippen LogP contribution in [0.3, 0.4) is 0 Å². The lowest BCUT2D eigenvalue weighted by atomic mass is 10.1. The number of amides is 2. The lowest BCUT2D eigenvalue weighted by molar-refractivity contribution is -0.141. The van der Waals surface area contributed by atoms with E-state index in [2.05, 4.69) is 44.5 Å². The van der Waals surface area contributed by atoms with Crippen molar-refractivity contribution in [1.82, 2.24) is 19.8 Å². The van der Waals surface area contributed by atoms with Gasteiger partial charge in [-0.2, -0.15) is 0 Å². The number of fused-ring (bicyclic) bond motifs is 1. The van der Waals surface area contributed by atoms with Gasteiger partial charge in [0.1, 0.15) is 12.8 Å². The van der Waals surface area contributed by atoms with Crippen molar-refractivity contribution in [3.05, 3.63) is 53.3 Å². The minimum atomic E-state index is -0.502. The first-order valence-corrected chi connectivity index (χ1v) is 12.5. The highest BCUT2D eigenvalue weighted by Crippen LogP contribution is 2.24. The Morgan fingerprint density at radius 3 is 2.17 bits per heavy atom. The number of piperazine rings is 1. The molecule has 3 heterocycles. The number of rotatable bonds is 7. The fraction of sp³-hybridized carbons (Fsp3) is 0.462. The molecule has 5 rings (SSSR count). The van der Waals surface area contributed by atoms with Crippen molar-refractivity contribution in [2.45, 2.75) is 44.8 Å². The summed E-state index contributed by atoms with van der Waals surface area (Å²) < 4.78 is 0. The van der Waals surface area contributed by atoms with Gasteiger partial charge in [-0.25, -0.2) is 9.97 Å². The van der Waals surface area contributed by atoms with Crippen LogP contribution in [0, 0.1) is 0 Å². The van der Waals surface area contributed by atoms with Gasteiger partial charge in [-0.1, -0.05) is 31.2 Å². The van der Waals surface area contributed by atoms with Crippen LogP contribution in [0.2, 0.25) is 0 Å². The molecule has 2 N–H and O–H groups in total. The van der Waals surface area contributed by atoms with Crippen LogP contribution in [0.5, 0.6) is 0 Å². The summed E-state index contributed by atoms with van der Waals surface area (Å²) in [7, 11) is 0. The monoisotopic (exact) mass is 489 g/mol. The van der Waals surface area contributed by atoms with E-state index in [1.54, 1.807) is 22.2 Å². The number of anilines is 1. The first-order chi connectivity index (χ1) is 17.5. The Morgan fingerprint density at radius 1 is 0.972 bits per heavy atom. The fourth-order valence-corrected chi connectivity index (χ4v) is 5.04. The summed E-state index contributed by atoms with van der Waals surface area (Å²) in [6.07, 6.45) is 5.88. The Hall–Kier alpha value is -3.66. The number of aromatic nitrogens is 2. The van der Waals surface area contributed by atoms with Crippen LogP contribution in [0.1, 0.15) is 36.5 Å². The molecule has 2 aliphatic heterocycles.